The van der Waals surface area contributed by atoms with Crippen LogP contribution >= 0.6 is 0 Å². The first-order valence-electron chi connectivity index (χ1n) is 7.04. The van der Waals surface area contributed by atoms with Crippen LogP contribution in [-0.4, -0.2) is 40.5 Å². The summed E-state index contributed by atoms with van der Waals surface area (Å²) in [6, 6.07) is 2.87. The number of likely N-dealkylation sites (tertiary alicyclic amines) is 1. The molecule has 4 nitrogen and oxygen atoms in total. The van der Waals surface area contributed by atoms with E-state index in [1.54, 1.807) is 0 Å². The lowest BCUT2D eigenvalue weighted by molar-refractivity contribution is 0.310. The smallest absolute Gasteiger partial charge is 0.125 e. The highest BCUT2D eigenvalue weighted by Crippen LogP contribution is 2.22. The third-order valence-corrected chi connectivity index (χ3v) is 3.86. The van der Waals surface area contributed by atoms with Crippen molar-refractivity contribution in [2.75, 3.05) is 19.6 Å². The molecule has 2 aliphatic rings. The molecule has 1 saturated heterocycles. The predicted molar refractivity (Wildman–Crippen MR) is 71.2 cm³/mol. The molecular formula is C14H22N4. The molecule has 1 aromatic rings. The van der Waals surface area contributed by atoms with Crippen molar-refractivity contribution in [3.8, 4) is 0 Å². The van der Waals surface area contributed by atoms with E-state index >= 15 is 0 Å². The second-order valence-corrected chi connectivity index (χ2v) is 5.67. The van der Waals surface area contributed by atoms with Gasteiger partial charge in [0.15, 0.2) is 0 Å². The largest absolute Gasteiger partial charge is 0.314 e. The fourth-order valence-electron chi connectivity index (χ4n) is 2.67. The molecule has 3 rings (SSSR count). The first kappa shape index (κ1) is 12.1. The van der Waals surface area contributed by atoms with Crippen LogP contribution in [0, 0.1) is 12.8 Å². The second kappa shape index (κ2) is 5.33. The van der Waals surface area contributed by atoms with Gasteiger partial charge < -0.3 is 5.32 Å². The summed E-state index contributed by atoms with van der Waals surface area (Å²) in [5.74, 6) is 1.70. The Morgan fingerprint density at radius 2 is 2.28 bits per heavy atom. The summed E-state index contributed by atoms with van der Waals surface area (Å²) in [4.78, 5) is 11.1. The zero-order chi connectivity index (χ0) is 12.4. The van der Waals surface area contributed by atoms with Crippen LogP contribution in [0.2, 0.25) is 0 Å². The Morgan fingerprint density at radius 1 is 1.39 bits per heavy atom. The van der Waals surface area contributed by atoms with Crippen LogP contribution in [0.4, 0.5) is 0 Å². The van der Waals surface area contributed by atoms with Gasteiger partial charge in [0, 0.05) is 25.3 Å². The number of hydrogen-bond acceptors (Lipinski definition) is 4. The zero-order valence-corrected chi connectivity index (χ0v) is 11.1. The van der Waals surface area contributed by atoms with E-state index in [2.05, 4.69) is 20.2 Å². The molecule has 1 atom stereocenters. The number of rotatable bonds is 5. The van der Waals surface area contributed by atoms with Crippen molar-refractivity contribution < 1.29 is 0 Å². The lowest BCUT2D eigenvalue weighted by Crippen LogP contribution is -2.27. The van der Waals surface area contributed by atoms with E-state index in [1.807, 2.05) is 19.2 Å². The minimum absolute atomic E-state index is 0.827. The SMILES string of the molecule is Cc1nccc(CN2CCC(CNC3CC3)C2)n1. The minimum atomic E-state index is 0.827. The lowest BCUT2D eigenvalue weighted by Gasteiger charge is -2.15. The van der Waals surface area contributed by atoms with Crippen LogP contribution in [0.25, 0.3) is 0 Å². The van der Waals surface area contributed by atoms with Gasteiger partial charge in [-0.1, -0.05) is 0 Å². The van der Waals surface area contributed by atoms with E-state index in [0.717, 1.165) is 30.0 Å². The fourth-order valence-corrected chi connectivity index (χ4v) is 2.67. The Morgan fingerprint density at radius 3 is 3.06 bits per heavy atom. The maximum Gasteiger partial charge on any atom is 0.125 e. The highest BCUT2D eigenvalue weighted by atomic mass is 15.2. The standard InChI is InChI=1S/C14H22N4/c1-11-15-6-4-14(17-11)10-18-7-5-12(9-18)8-16-13-2-3-13/h4,6,12-13,16H,2-3,5,7-10H2,1H3. The van der Waals surface area contributed by atoms with Gasteiger partial charge in [-0.15, -0.1) is 0 Å². The van der Waals surface area contributed by atoms with Gasteiger partial charge in [0.2, 0.25) is 0 Å². The van der Waals surface area contributed by atoms with E-state index in [4.69, 9.17) is 0 Å². The molecule has 0 radical (unpaired) electrons. The first-order valence-corrected chi connectivity index (χ1v) is 7.04. The zero-order valence-electron chi connectivity index (χ0n) is 11.1. The molecule has 1 N–H and O–H groups in total. The van der Waals surface area contributed by atoms with Gasteiger partial charge in [-0.25, -0.2) is 9.97 Å². The van der Waals surface area contributed by atoms with Gasteiger partial charge in [0.05, 0.1) is 5.69 Å². The summed E-state index contributed by atoms with van der Waals surface area (Å²) >= 11 is 0. The number of nitrogens with zero attached hydrogens (tertiary/aromatic N) is 3. The second-order valence-electron chi connectivity index (χ2n) is 5.67. The van der Waals surface area contributed by atoms with Crippen molar-refractivity contribution in [2.45, 2.75) is 38.8 Å². The lowest BCUT2D eigenvalue weighted by atomic mass is 10.1. The molecule has 98 valence electrons. The molecule has 0 bridgehead atoms. The summed E-state index contributed by atoms with van der Waals surface area (Å²) in [5, 5.41) is 3.64. The first-order chi connectivity index (χ1) is 8.79. The average Bonchev–Trinajstić information content (AvgIpc) is 3.08. The van der Waals surface area contributed by atoms with E-state index in [-0.39, 0.29) is 0 Å². The number of aryl methyl sites for hydroxylation is 1. The summed E-state index contributed by atoms with van der Waals surface area (Å²) < 4.78 is 0. The molecule has 0 aromatic carbocycles. The number of hydrogen-bond donors (Lipinski definition) is 1. The molecule has 1 unspecified atom stereocenters. The predicted octanol–water partition coefficient (Wildman–Crippen LogP) is 1.36. The Kier molecular flexibility index (Phi) is 3.57. The topological polar surface area (TPSA) is 41.1 Å². The van der Waals surface area contributed by atoms with Crippen LogP contribution < -0.4 is 5.32 Å². The van der Waals surface area contributed by atoms with Crippen LogP contribution in [0.5, 0.6) is 0 Å². The van der Waals surface area contributed by atoms with Gasteiger partial charge in [-0.2, -0.15) is 0 Å². The van der Waals surface area contributed by atoms with Crippen molar-refractivity contribution in [1.29, 1.82) is 0 Å². The van der Waals surface area contributed by atoms with Crippen LogP contribution in [-0.2, 0) is 6.54 Å². The van der Waals surface area contributed by atoms with E-state index in [1.165, 1.54) is 38.9 Å². The van der Waals surface area contributed by atoms with E-state index < -0.39 is 0 Å². The van der Waals surface area contributed by atoms with Gasteiger partial charge in [-0.3, -0.25) is 4.90 Å². The molecular weight excluding hydrogens is 224 g/mol. The summed E-state index contributed by atoms with van der Waals surface area (Å²) in [5.41, 5.74) is 1.15. The molecule has 18 heavy (non-hydrogen) atoms. The molecule has 1 aliphatic heterocycles. The molecule has 1 saturated carbocycles. The fraction of sp³-hybridized carbons (Fsp3) is 0.714. The average molecular weight is 246 g/mol. The maximum absolute atomic E-state index is 4.48. The molecule has 2 heterocycles. The molecule has 0 spiro atoms. The van der Waals surface area contributed by atoms with E-state index in [9.17, 15) is 0 Å². The quantitative estimate of drug-likeness (QED) is 0.851. The normalized spacial score (nSPS) is 24.6. The van der Waals surface area contributed by atoms with Crippen LogP contribution in [0.3, 0.4) is 0 Å². The summed E-state index contributed by atoms with van der Waals surface area (Å²) in [6.07, 6.45) is 5.96. The van der Waals surface area contributed by atoms with Crippen molar-refractivity contribution in [3.05, 3.63) is 23.8 Å². The monoisotopic (exact) mass is 246 g/mol. The Labute approximate surface area is 109 Å². The van der Waals surface area contributed by atoms with Crippen molar-refractivity contribution >= 4 is 0 Å². The van der Waals surface area contributed by atoms with Gasteiger partial charge in [0.1, 0.15) is 5.82 Å². The van der Waals surface area contributed by atoms with E-state index in [0.29, 0.717) is 0 Å². The van der Waals surface area contributed by atoms with Crippen molar-refractivity contribution in [3.63, 3.8) is 0 Å². The van der Waals surface area contributed by atoms with Crippen LogP contribution in [0.15, 0.2) is 12.3 Å². The maximum atomic E-state index is 4.48. The van der Waals surface area contributed by atoms with Crippen LogP contribution in [0.1, 0.15) is 30.8 Å². The Hall–Kier alpha value is -1.00. The Bertz CT molecular complexity index is 403. The summed E-state index contributed by atoms with van der Waals surface area (Å²) in [7, 11) is 0. The highest BCUT2D eigenvalue weighted by molar-refractivity contribution is 5.02. The van der Waals surface area contributed by atoms with Gasteiger partial charge in [0.25, 0.3) is 0 Å². The molecule has 1 aliphatic carbocycles. The van der Waals surface area contributed by atoms with Crippen molar-refractivity contribution in [2.24, 2.45) is 5.92 Å². The van der Waals surface area contributed by atoms with Gasteiger partial charge in [-0.05, 0) is 51.3 Å². The third kappa shape index (κ3) is 3.27. The Balaban J connectivity index is 1.46. The number of nitrogens with one attached hydrogen (secondary N) is 1. The summed E-state index contributed by atoms with van der Waals surface area (Å²) in [6.45, 7) is 6.55. The van der Waals surface area contributed by atoms with Crippen molar-refractivity contribution in [1.82, 2.24) is 20.2 Å². The molecule has 0 amide bonds. The molecule has 2 fully saturated rings. The number of aromatic nitrogens is 2. The molecule has 1 aromatic heterocycles. The van der Waals surface area contributed by atoms with Gasteiger partial charge >= 0.3 is 0 Å². The third-order valence-electron chi connectivity index (χ3n) is 3.86. The highest BCUT2D eigenvalue weighted by Gasteiger charge is 2.26. The molecule has 4 heteroatoms. The minimum Gasteiger partial charge on any atom is -0.314 e.